The molecule has 0 bridgehead atoms. The summed E-state index contributed by atoms with van der Waals surface area (Å²) in [5.74, 6) is 0.685. The molecule has 4 nitrogen and oxygen atoms in total. The van der Waals surface area contributed by atoms with Crippen LogP contribution >= 0.6 is 0 Å². The van der Waals surface area contributed by atoms with Crippen molar-refractivity contribution >= 4 is 54.5 Å². The van der Waals surface area contributed by atoms with Gasteiger partial charge in [0.1, 0.15) is 0 Å². The van der Waals surface area contributed by atoms with Crippen molar-refractivity contribution in [1.82, 2.24) is 19.1 Å². The van der Waals surface area contributed by atoms with E-state index in [4.69, 9.17) is 9.97 Å². The summed E-state index contributed by atoms with van der Waals surface area (Å²) in [4.78, 5) is 10.8. The van der Waals surface area contributed by atoms with E-state index in [2.05, 4.69) is 181 Å². The van der Waals surface area contributed by atoms with Gasteiger partial charge in [0.25, 0.3) is 0 Å². The van der Waals surface area contributed by atoms with E-state index in [0.717, 1.165) is 33.3 Å². The first-order valence-electron chi connectivity index (χ1n) is 17.6. The van der Waals surface area contributed by atoms with Crippen LogP contribution < -0.4 is 0 Å². The maximum Gasteiger partial charge on any atom is 0.235 e. The van der Waals surface area contributed by atoms with Gasteiger partial charge in [-0.1, -0.05) is 135 Å². The molecule has 0 saturated heterocycles. The van der Waals surface area contributed by atoms with Crippen molar-refractivity contribution in [3.05, 3.63) is 169 Å². The van der Waals surface area contributed by atoms with E-state index in [1.54, 1.807) is 0 Å². The molecule has 51 heavy (non-hydrogen) atoms. The van der Waals surface area contributed by atoms with Crippen LogP contribution in [-0.2, 0) is 5.41 Å². The Morgan fingerprint density at radius 2 is 1.12 bits per heavy atom. The smallest absolute Gasteiger partial charge is 0.235 e. The molecule has 1 aliphatic rings. The lowest BCUT2D eigenvalue weighted by Gasteiger charge is -2.34. The van der Waals surface area contributed by atoms with Crippen molar-refractivity contribution in [2.45, 2.75) is 19.3 Å². The monoisotopic (exact) mass is 652 g/mol. The molecule has 4 heteroatoms. The molecule has 3 aromatic heterocycles. The highest BCUT2D eigenvalue weighted by molar-refractivity contribution is 6.26. The van der Waals surface area contributed by atoms with Crippen molar-refractivity contribution in [1.29, 1.82) is 0 Å². The maximum atomic E-state index is 5.47. The third kappa shape index (κ3) is 3.85. The summed E-state index contributed by atoms with van der Waals surface area (Å²) in [7, 11) is 0. The summed E-state index contributed by atoms with van der Waals surface area (Å²) in [6.07, 6.45) is 0. The third-order valence-corrected chi connectivity index (χ3v) is 11.1. The van der Waals surface area contributed by atoms with E-state index < -0.39 is 0 Å². The van der Waals surface area contributed by atoms with Gasteiger partial charge in [0, 0.05) is 43.6 Å². The van der Waals surface area contributed by atoms with E-state index in [0.29, 0.717) is 5.95 Å². The number of fused-ring (bicyclic) bond motifs is 9. The van der Waals surface area contributed by atoms with Crippen LogP contribution in [0.1, 0.15) is 25.0 Å². The van der Waals surface area contributed by atoms with Gasteiger partial charge in [-0.25, -0.2) is 9.97 Å². The van der Waals surface area contributed by atoms with Crippen LogP contribution in [-0.4, -0.2) is 19.1 Å². The average molecular weight is 653 g/mol. The molecule has 240 valence electrons. The van der Waals surface area contributed by atoms with Crippen LogP contribution in [0.25, 0.3) is 88.5 Å². The first-order chi connectivity index (χ1) is 25.1. The summed E-state index contributed by atoms with van der Waals surface area (Å²) >= 11 is 0. The number of hydrogen-bond acceptors (Lipinski definition) is 2. The van der Waals surface area contributed by atoms with Crippen molar-refractivity contribution in [3.8, 4) is 34.0 Å². The van der Waals surface area contributed by atoms with Gasteiger partial charge in [-0.15, -0.1) is 0 Å². The molecule has 0 amide bonds. The zero-order valence-electron chi connectivity index (χ0n) is 28.3. The maximum absolute atomic E-state index is 5.47. The van der Waals surface area contributed by atoms with Gasteiger partial charge in [0.2, 0.25) is 5.95 Å². The summed E-state index contributed by atoms with van der Waals surface area (Å²) in [5.41, 5.74) is 13.6. The Hall–Kier alpha value is -6.52. The Bertz CT molecular complexity index is 3040. The highest BCUT2D eigenvalue weighted by atomic mass is 15.2. The van der Waals surface area contributed by atoms with Gasteiger partial charge in [0.05, 0.1) is 33.3 Å². The normalized spacial score (nSPS) is 13.5. The zero-order valence-corrected chi connectivity index (χ0v) is 28.3. The Kier molecular flexibility index (Phi) is 5.70. The first kappa shape index (κ1) is 28.3. The summed E-state index contributed by atoms with van der Waals surface area (Å²) in [5, 5.41) is 5.97. The van der Waals surface area contributed by atoms with Crippen molar-refractivity contribution in [3.63, 3.8) is 0 Å². The molecule has 0 unspecified atom stereocenters. The summed E-state index contributed by atoms with van der Waals surface area (Å²) in [6.45, 7) is 4.62. The van der Waals surface area contributed by atoms with Gasteiger partial charge >= 0.3 is 0 Å². The van der Waals surface area contributed by atoms with E-state index in [1.165, 1.54) is 60.4 Å². The Morgan fingerprint density at radius 1 is 0.451 bits per heavy atom. The number of para-hydroxylation sites is 2. The van der Waals surface area contributed by atoms with Crippen LogP contribution in [0.15, 0.2) is 158 Å². The largest absolute Gasteiger partial charge is 0.309 e. The lowest BCUT2D eigenvalue weighted by atomic mass is 9.70. The molecule has 0 spiro atoms. The SMILES string of the molecule is CC1(C)c2ccccc2-c2nc(-n3c4ccccc4c4c3ccc3c5ccccc5n(-c5ccc(-c6ccccc6)cc5)c34)nc3cccc1c23. The second-order valence-corrected chi connectivity index (χ2v) is 14.2. The van der Waals surface area contributed by atoms with Gasteiger partial charge in [-0.3, -0.25) is 4.57 Å². The lowest BCUT2D eigenvalue weighted by molar-refractivity contribution is 0.643. The predicted octanol–water partition coefficient (Wildman–Crippen LogP) is 11.8. The molecule has 1 aliphatic carbocycles. The number of nitrogens with zero attached hydrogens (tertiary/aromatic N) is 4. The van der Waals surface area contributed by atoms with Gasteiger partial charge in [-0.2, -0.15) is 0 Å². The molecule has 0 saturated carbocycles. The number of hydrogen-bond donors (Lipinski definition) is 0. The Labute approximate surface area is 294 Å². The number of benzene rings is 7. The minimum atomic E-state index is -0.154. The van der Waals surface area contributed by atoms with Crippen LogP contribution in [0.3, 0.4) is 0 Å². The van der Waals surface area contributed by atoms with E-state index >= 15 is 0 Å². The Balaban J connectivity index is 1.23. The molecular weight excluding hydrogens is 621 g/mol. The minimum absolute atomic E-state index is 0.154. The fourth-order valence-corrected chi connectivity index (χ4v) is 8.79. The molecule has 0 aliphatic heterocycles. The number of aromatic nitrogens is 4. The van der Waals surface area contributed by atoms with Crippen molar-refractivity contribution in [2.24, 2.45) is 0 Å². The highest BCUT2D eigenvalue weighted by Crippen LogP contribution is 2.48. The summed E-state index contributed by atoms with van der Waals surface area (Å²) < 4.78 is 4.71. The Morgan fingerprint density at radius 3 is 1.94 bits per heavy atom. The molecule has 0 N–H and O–H groups in total. The average Bonchev–Trinajstić information content (AvgIpc) is 3.70. The standard InChI is InChI=1S/C47H32N4/c1-47(2)36-18-9-6-16-34(36)44-43-37(47)19-12-20-38(43)48-46(49-44)51-40-22-11-8-17-35(40)42-41(51)28-27-33-32-15-7-10-21-39(32)50(45(33)42)31-25-23-30(24-26-31)29-13-4-3-5-14-29/h3-28H,1-2H3. The highest BCUT2D eigenvalue weighted by Gasteiger charge is 2.35. The number of rotatable bonds is 3. The zero-order chi connectivity index (χ0) is 33.8. The van der Waals surface area contributed by atoms with Crippen LogP contribution in [0, 0.1) is 0 Å². The molecule has 0 radical (unpaired) electrons. The molecule has 3 heterocycles. The minimum Gasteiger partial charge on any atom is -0.309 e. The molecule has 10 aromatic rings. The van der Waals surface area contributed by atoms with Crippen LogP contribution in [0.4, 0.5) is 0 Å². The van der Waals surface area contributed by atoms with Gasteiger partial charge < -0.3 is 4.57 Å². The second kappa shape index (κ2) is 10.3. The fourth-order valence-electron chi connectivity index (χ4n) is 8.79. The van der Waals surface area contributed by atoms with Crippen molar-refractivity contribution in [2.75, 3.05) is 0 Å². The molecule has 11 rings (SSSR count). The second-order valence-electron chi connectivity index (χ2n) is 14.2. The molecule has 0 atom stereocenters. The molecule has 7 aromatic carbocycles. The third-order valence-electron chi connectivity index (χ3n) is 11.1. The first-order valence-corrected chi connectivity index (χ1v) is 17.6. The van der Waals surface area contributed by atoms with Gasteiger partial charge in [-0.05, 0) is 58.7 Å². The molecular formula is C47H32N4. The fraction of sp³-hybridized carbons (Fsp3) is 0.0638. The predicted molar refractivity (Wildman–Crippen MR) is 211 cm³/mol. The van der Waals surface area contributed by atoms with E-state index in [9.17, 15) is 0 Å². The van der Waals surface area contributed by atoms with Gasteiger partial charge in [0.15, 0.2) is 0 Å². The molecule has 0 fully saturated rings. The summed E-state index contributed by atoms with van der Waals surface area (Å²) in [6, 6.07) is 56.8. The quantitative estimate of drug-likeness (QED) is 0.190. The van der Waals surface area contributed by atoms with Crippen LogP contribution in [0.5, 0.6) is 0 Å². The van der Waals surface area contributed by atoms with Crippen molar-refractivity contribution < 1.29 is 0 Å². The van der Waals surface area contributed by atoms with E-state index in [1.807, 2.05) is 0 Å². The van der Waals surface area contributed by atoms with E-state index in [-0.39, 0.29) is 5.41 Å². The van der Waals surface area contributed by atoms with Crippen LogP contribution in [0.2, 0.25) is 0 Å². The lowest BCUT2D eigenvalue weighted by Crippen LogP contribution is -2.24. The topological polar surface area (TPSA) is 35.6 Å².